The Morgan fingerprint density at radius 1 is 1.30 bits per heavy atom. The van der Waals surface area contributed by atoms with Crippen LogP contribution in [0.5, 0.6) is 0 Å². The van der Waals surface area contributed by atoms with Crippen molar-refractivity contribution in [1.29, 1.82) is 0 Å². The van der Waals surface area contributed by atoms with Crippen LogP contribution in [0.4, 0.5) is 4.79 Å². The molecule has 1 unspecified atom stereocenters. The van der Waals surface area contributed by atoms with E-state index < -0.39 is 22.8 Å². The van der Waals surface area contributed by atoms with Crippen LogP contribution in [-0.2, 0) is 15.8 Å². The molecule has 2 rings (SSSR count). The molecule has 7 heteroatoms. The minimum absolute atomic E-state index is 0. The molecule has 0 aliphatic carbocycles. The van der Waals surface area contributed by atoms with Gasteiger partial charge in [-0.2, -0.15) is 0 Å². The smallest absolute Gasteiger partial charge is 0.418 e. The van der Waals surface area contributed by atoms with Crippen LogP contribution in [0.3, 0.4) is 0 Å². The second-order valence-electron chi connectivity index (χ2n) is 5.10. The quantitative estimate of drug-likeness (QED) is 0.647. The molecule has 1 aromatic heterocycles. The monoisotopic (exact) mass is 288 g/mol. The molecular formula is C13H15LiNO4S. The van der Waals surface area contributed by atoms with Gasteiger partial charge in [0.2, 0.25) is 0 Å². The number of carbonyl (C=O) groups is 1. The summed E-state index contributed by atoms with van der Waals surface area (Å²) >= 11 is -2.09. The van der Waals surface area contributed by atoms with Gasteiger partial charge in [-0.25, -0.2) is 9.00 Å². The van der Waals surface area contributed by atoms with E-state index in [4.69, 9.17) is 4.74 Å². The van der Waals surface area contributed by atoms with Crippen molar-refractivity contribution in [2.75, 3.05) is 0 Å². The summed E-state index contributed by atoms with van der Waals surface area (Å²) in [5, 5.41) is 0.564. The summed E-state index contributed by atoms with van der Waals surface area (Å²) < 4.78 is 27.0. The van der Waals surface area contributed by atoms with Gasteiger partial charge in [-0.1, -0.05) is 6.07 Å². The van der Waals surface area contributed by atoms with E-state index in [1.165, 1.54) is 10.8 Å². The second kappa shape index (κ2) is 6.15. The predicted octanol–water partition coefficient (Wildman–Crippen LogP) is 2.62. The van der Waals surface area contributed by atoms with Gasteiger partial charge in [0.15, 0.2) is 11.1 Å². The number of aromatic nitrogens is 1. The molecule has 20 heavy (non-hydrogen) atoms. The van der Waals surface area contributed by atoms with Crippen molar-refractivity contribution in [2.45, 2.75) is 31.3 Å². The third-order valence-electron chi connectivity index (χ3n) is 2.47. The van der Waals surface area contributed by atoms with E-state index in [1.54, 1.807) is 45.0 Å². The van der Waals surface area contributed by atoms with Crippen molar-refractivity contribution >= 4 is 46.9 Å². The number of hydrogen-bond acceptors (Lipinski definition) is 3. The van der Waals surface area contributed by atoms with Crippen LogP contribution in [0, 0.1) is 0 Å². The Morgan fingerprint density at radius 2 is 1.95 bits per heavy atom. The maximum Gasteiger partial charge on any atom is 0.418 e. The molecule has 1 heterocycles. The summed E-state index contributed by atoms with van der Waals surface area (Å²) in [7, 11) is 0. The number of carbonyl (C=O) groups excluding carboxylic acids is 1. The van der Waals surface area contributed by atoms with Crippen molar-refractivity contribution in [3.8, 4) is 0 Å². The van der Waals surface area contributed by atoms with E-state index in [0.717, 1.165) is 0 Å². The summed E-state index contributed by atoms with van der Waals surface area (Å²) in [6, 6.07) is 6.52. The van der Waals surface area contributed by atoms with Crippen LogP contribution in [-0.4, -0.2) is 43.9 Å². The molecule has 103 valence electrons. The topological polar surface area (TPSA) is 68.5 Å². The largest absolute Gasteiger partial charge is 0.443 e. The number of nitrogens with zero attached hydrogens (tertiary/aromatic N) is 1. The van der Waals surface area contributed by atoms with Gasteiger partial charge in [-0.05, 0) is 39.0 Å². The SMILES string of the molecule is CC(C)(C)OC(=O)n1ccc2c(S(=O)O)cccc21.[Li]. The van der Waals surface area contributed by atoms with Gasteiger partial charge in [0.05, 0.1) is 10.4 Å². The van der Waals surface area contributed by atoms with Gasteiger partial charge in [0, 0.05) is 30.4 Å². The van der Waals surface area contributed by atoms with Crippen LogP contribution in [0.15, 0.2) is 35.4 Å². The third-order valence-corrected chi connectivity index (χ3v) is 3.20. The summed E-state index contributed by atoms with van der Waals surface area (Å²) in [6.07, 6.45) is 1.03. The molecule has 1 aromatic carbocycles. The van der Waals surface area contributed by atoms with Crippen molar-refractivity contribution in [3.63, 3.8) is 0 Å². The molecule has 2 aromatic rings. The second-order valence-corrected chi connectivity index (χ2v) is 6.04. The maximum absolute atomic E-state index is 12.0. The number of rotatable bonds is 1. The van der Waals surface area contributed by atoms with Gasteiger partial charge >= 0.3 is 6.09 Å². The standard InChI is InChI=1S/C13H15NO4S.Li/c1-13(2,3)18-12(15)14-8-7-9-10(14)5-4-6-11(9)19(16)17;/h4-8H,1-3H3,(H,16,17);. The van der Waals surface area contributed by atoms with E-state index in [9.17, 15) is 13.6 Å². The zero-order valence-electron chi connectivity index (χ0n) is 11.9. The molecule has 0 amide bonds. The van der Waals surface area contributed by atoms with E-state index in [1.807, 2.05) is 0 Å². The van der Waals surface area contributed by atoms with Crippen LogP contribution in [0.25, 0.3) is 10.9 Å². The molecule has 0 saturated heterocycles. The number of ether oxygens (including phenoxy) is 1. The molecule has 5 nitrogen and oxygen atoms in total. The zero-order valence-corrected chi connectivity index (χ0v) is 12.7. The first-order valence-corrected chi connectivity index (χ1v) is 6.84. The zero-order chi connectivity index (χ0) is 14.2. The van der Waals surface area contributed by atoms with E-state index >= 15 is 0 Å². The Balaban J connectivity index is 0.00000200. The molecule has 0 bridgehead atoms. The molecule has 0 aliphatic rings. The molecule has 0 saturated carbocycles. The fourth-order valence-corrected chi connectivity index (χ4v) is 2.32. The first-order chi connectivity index (χ1) is 8.79. The number of hydrogen-bond donors (Lipinski definition) is 1. The Hall–Kier alpha value is -1.06. The summed E-state index contributed by atoms with van der Waals surface area (Å²) in [4.78, 5) is 12.3. The van der Waals surface area contributed by atoms with Gasteiger partial charge in [-0.3, -0.25) is 4.57 Å². The number of benzene rings is 1. The van der Waals surface area contributed by atoms with E-state index in [-0.39, 0.29) is 23.8 Å². The normalized spacial score (nSPS) is 12.8. The van der Waals surface area contributed by atoms with Crippen LogP contribution in [0.2, 0.25) is 0 Å². The first kappa shape index (κ1) is 17.0. The minimum Gasteiger partial charge on any atom is -0.443 e. The number of fused-ring (bicyclic) bond motifs is 1. The molecule has 1 N–H and O–H groups in total. The first-order valence-electron chi connectivity index (χ1n) is 5.74. The fourth-order valence-electron chi connectivity index (χ4n) is 1.76. The minimum atomic E-state index is -2.09. The van der Waals surface area contributed by atoms with Crippen molar-refractivity contribution in [1.82, 2.24) is 4.57 Å². The summed E-state index contributed by atoms with van der Waals surface area (Å²) in [5.74, 6) is 0. The van der Waals surface area contributed by atoms with Gasteiger partial charge in [0.1, 0.15) is 5.60 Å². The molecule has 0 spiro atoms. The summed E-state index contributed by atoms with van der Waals surface area (Å²) in [5.41, 5.74) is -0.0420. The molecular weight excluding hydrogens is 273 g/mol. The van der Waals surface area contributed by atoms with Crippen molar-refractivity contribution in [3.05, 3.63) is 30.5 Å². The van der Waals surface area contributed by atoms with E-state index in [0.29, 0.717) is 10.9 Å². The summed E-state index contributed by atoms with van der Waals surface area (Å²) in [6.45, 7) is 5.35. The van der Waals surface area contributed by atoms with E-state index in [2.05, 4.69) is 0 Å². The maximum atomic E-state index is 12.0. The van der Waals surface area contributed by atoms with Gasteiger partial charge in [0.25, 0.3) is 0 Å². The third kappa shape index (κ3) is 3.52. The Morgan fingerprint density at radius 3 is 2.50 bits per heavy atom. The average Bonchev–Trinajstić information content (AvgIpc) is 2.69. The predicted molar refractivity (Wildman–Crippen MR) is 78.4 cm³/mol. The Kier molecular flexibility index (Phi) is 5.22. The molecule has 1 atom stereocenters. The Labute approximate surface area is 131 Å². The average molecular weight is 288 g/mol. The van der Waals surface area contributed by atoms with Crippen molar-refractivity contribution < 1.29 is 18.3 Å². The van der Waals surface area contributed by atoms with Gasteiger partial charge < -0.3 is 9.29 Å². The molecule has 0 aliphatic heterocycles. The van der Waals surface area contributed by atoms with Crippen LogP contribution < -0.4 is 0 Å². The van der Waals surface area contributed by atoms with Gasteiger partial charge in [-0.15, -0.1) is 0 Å². The fraction of sp³-hybridized carbons (Fsp3) is 0.308. The van der Waals surface area contributed by atoms with Crippen LogP contribution in [0.1, 0.15) is 20.8 Å². The van der Waals surface area contributed by atoms with Crippen LogP contribution >= 0.6 is 0 Å². The Bertz CT molecular complexity index is 660. The van der Waals surface area contributed by atoms with Crippen molar-refractivity contribution in [2.24, 2.45) is 0 Å². The molecule has 1 radical (unpaired) electrons. The molecule has 0 fully saturated rings.